The van der Waals surface area contributed by atoms with E-state index in [4.69, 9.17) is 9.47 Å². The van der Waals surface area contributed by atoms with Gasteiger partial charge < -0.3 is 14.8 Å². The molecule has 31 heavy (non-hydrogen) atoms. The number of nitrogens with one attached hydrogen (secondary N) is 1. The van der Waals surface area contributed by atoms with E-state index in [2.05, 4.69) is 5.32 Å². The van der Waals surface area contributed by atoms with Crippen LogP contribution in [0.1, 0.15) is 25.3 Å². The van der Waals surface area contributed by atoms with Crippen molar-refractivity contribution in [1.82, 2.24) is 9.62 Å². The summed E-state index contributed by atoms with van der Waals surface area (Å²) in [6.07, 6.45) is 0.985. The Morgan fingerprint density at radius 1 is 1.13 bits per heavy atom. The maximum absolute atomic E-state index is 12.9. The molecule has 0 spiro atoms. The van der Waals surface area contributed by atoms with Gasteiger partial charge in [-0.05, 0) is 62.6 Å². The molecule has 168 valence electrons. The second-order valence-corrected chi connectivity index (χ2v) is 9.78. The van der Waals surface area contributed by atoms with E-state index in [1.807, 2.05) is 38.1 Å². The zero-order valence-corrected chi connectivity index (χ0v) is 19.0. The second kappa shape index (κ2) is 10.2. The maximum atomic E-state index is 12.9. The summed E-state index contributed by atoms with van der Waals surface area (Å²) in [6.45, 7) is 4.90. The number of sulfonamides is 1. The third-order valence-electron chi connectivity index (χ3n) is 5.49. The molecule has 1 aliphatic heterocycles. The summed E-state index contributed by atoms with van der Waals surface area (Å²) in [7, 11) is -2.04. The zero-order chi connectivity index (χ0) is 22.4. The Hall–Kier alpha value is -2.58. The Morgan fingerprint density at radius 2 is 1.77 bits per heavy atom. The average Bonchev–Trinajstić information content (AvgIpc) is 2.78. The van der Waals surface area contributed by atoms with Crippen LogP contribution in [0.5, 0.6) is 11.5 Å². The molecule has 0 aliphatic carbocycles. The number of nitrogens with zero attached hydrogens (tertiary/aromatic N) is 1. The standard InChI is InChI=1S/C23H30N2O5S/c1-17-6-4-5-7-22(17)30-16-18(2)24-23(26)19-12-14-25(15-13-19)31(27,28)21-10-8-20(29-3)9-11-21/h4-11,18-19H,12-16H2,1-3H3,(H,24,26). The van der Waals surface area contributed by atoms with Crippen molar-refractivity contribution in [2.45, 2.75) is 37.6 Å². The minimum atomic E-state index is -3.58. The summed E-state index contributed by atoms with van der Waals surface area (Å²) in [4.78, 5) is 12.9. The molecule has 3 rings (SSSR count). The molecule has 1 aliphatic rings. The summed E-state index contributed by atoms with van der Waals surface area (Å²) in [5.41, 5.74) is 1.05. The number of methoxy groups -OCH3 is 1. The van der Waals surface area contributed by atoms with Gasteiger partial charge in [-0.3, -0.25) is 4.79 Å². The number of para-hydroxylation sites is 1. The number of ether oxygens (including phenoxy) is 2. The number of benzene rings is 2. The van der Waals surface area contributed by atoms with Crippen molar-refractivity contribution in [3.05, 3.63) is 54.1 Å². The molecule has 0 bridgehead atoms. The average molecular weight is 447 g/mol. The summed E-state index contributed by atoms with van der Waals surface area (Å²) < 4.78 is 38.0. The van der Waals surface area contributed by atoms with E-state index < -0.39 is 10.0 Å². The van der Waals surface area contributed by atoms with E-state index in [0.29, 0.717) is 38.3 Å². The highest BCUT2D eigenvalue weighted by atomic mass is 32.2. The third-order valence-corrected chi connectivity index (χ3v) is 7.41. The van der Waals surface area contributed by atoms with Gasteiger partial charge in [0.1, 0.15) is 18.1 Å². The van der Waals surface area contributed by atoms with Gasteiger partial charge in [0.05, 0.1) is 18.0 Å². The first-order valence-corrected chi connectivity index (χ1v) is 11.9. The van der Waals surface area contributed by atoms with Crippen LogP contribution in [0.4, 0.5) is 0 Å². The highest BCUT2D eigenvalue weighted by molar-refractivity contribution is 7.89. The van der Waals surface area contributed by atoms with Crippen LogP contribution in [0.3, 0.4) is 0 Å². The van der Waals surface area contributed by atoms with Crippen molar-refractivity contribution < 1.29 is 22.7 Å². The van der Waals surface area contributed by atoms with Crippen LogP contribution in [0, 0.1) is 12.8 Å². The lowest BCUT2D eigenvalue weighted by atomic mass is 9.97. The predicted octanol–water partition coefficient (Wildman–Crippen LogP) is 2.99. The molecule has 1 amide bonds. The molecule has 1 atom stereocenters. The van der Waals surface area contributed by atoms with Gasteiger partial charge in [-0.1, -0.05) is 18.2 Å². The van der Waals surface area contributed by atoms with E-state index in [0.717, 1.165) is 11.3 Å². The van der Waals surface area contributed by atoms with Crippen LogP contribution in [0.2, 0.25) is 0 Å². The first kappa shape index (κ1) is 23.1. The van der Waals surface area contributed by atoms with Crippen molar-refractivity contribution in [3.63, 3.8) is 0 Å². The van der Waals surface area contributed by atoms with Gasteiger partial charge in [0, 0.05) is 19.0 Å². The van der Waals surface area contributed by atoms with Gasteiger partial charge in [-0.25, -0.2) is 8.42 Å². The van der Waals surface area contributed by atoms with E-state index in [1.54, 1.807) is 24.3 Å². The molecule has 2 aromatic carbocycles. The summed E-state index contributed by atoms with van der Waals surface area (Å²) in [6, 6.07) is 14.0. The summed E-state index contributed by atoms with van der Waals surface area (Å²) in [5.74, 6) is 1.15. The molecule has 0 aromatic heterocycles. The van der Waals surface area contributed by atoms with E-state index in [1.165, 1.54) is 11.4 Å². The topological polar surface area (TPSA) is 84.9 Å². The van der Waals surface area contributed by atoms with Crippen LogP contribution in [-0.4, -0.2) is 51.5 Å². The van der Waals surface area contributed by atoms with Crippen LogP contribution in [-0.2, 0) is 14.8 Å². The zero-order valence-electron chi connectivity index (χ0n) is 18.2. The van der Waals surface area contributed by atoms with Crippen LogP contribution >= 0.6 is 0 Å². The van der Waals surface area contributed by atoms with Gasteiger partial charge >= 0.3 is 0 Å². The summed E-state index contributed by atoms with van der Waals surface area (Å²) >= 11 is 0. The monoisotopic (exact) mass is 446 g/mol. The molecule has 1 N–H and O–H groups in total. The maximum Gasteiger partial charge on any atom is 0.243 e. The van der Waals surface area contributed by atoms with Crippen LogP contribution < -0.4 is 14.8 Å². The normalized spacial score (nSPS) is 16.5. The van der Waals surface area contributed by atoms with Crippen molar-refractivity contribution in [2.24, 2.45) is 5.92 Å². The molecule has 2 aromatic rings. The number of rotatable bonds is 8. The minimum absolute atomic E-state index is 0.0534. The van der Waals surface area contributed by atoms with Gasteiger partial charge in [0.25, 0.3) is 0 Å². The largest absolute Gasteiger partial charge is 0.497 e. The van der Waals surface area contributed by atoms with Crippen LogP contribution in [0.25, 0.3) is 0 Å². The lowest BCUT2D eigenvalue weighted by Crippen LogP contribution is -2.45. The van der Waals surface area contributed by atoms with Gasteiger partial charge in [-0.15, -0.1) is 0 Å². The second-order valence-electron chi connectivity index (χ2n) is 7.84. The number of hydrogen-bond donors (Lipinski definition) is 1. The van der Waals surface area contributed by atoms with E-state index >= 15 is 0 Å². The van der Waals surface area contributed by atoms with Gasteiger partial charge in [-0.2, -0.15) is 4.31 Å². The van der Waals surface area contributed by atoms with Crippen molar-refractivity contribution >= 4 is 15.9 Å². The van der Waals surface area contributed by atoms with Crippen molar-refractivity contribution in [1.29, 1.82) is 0 Å². The number of hydrogen-bond acceptors (Lipinski definition) is 5. The number of carbonyl (C=O) groups is 1. The van der Waals surface area contributed by atoms with E-state index in [-0.39, 0.29) is 22.8 Å². The Balaban J connectivity index is 1.49. The summed E-state index contributed by atoms with van der Waals surface area (Å²) in [5, 5.41) is 2.99. The van der Waals surface area contributed by atoms with E-state index in [9.17, 15) is 13.2 Å². The predicted molar refractivity (Wildman–Crippen MR) is 119 cm³/mol. The SMILES string of the molecule is COc1ccc(S(=O)(=O)N2CCC(C(=O)NC(C)COc3ccccc3C)CC2)cc1. The van der Waals surface area contributed by atoms with Crippen molar-refractivity contribution in [2.75, 3.05) is 26.8 Å². The molecule has 8 heteroatoms. The fourth-order valence-corrected chi connectivity index (χ4v) is 5.06. The first-order chi connectivity index (χ1) is 14.8. The number of amides is 1. The fraction of sp³-hybridized carbons (Fsp3) is 0.435. The van der Waals surface area contributed by atoms with Crippen LogP contribution in [0.15, 0.2) is 53.4 Å². The number of carbonyl (C=O) groups excluding carboxylic acids is 1. The highest BCUT2D eigenvalue weighted by Crippen LogP contribution is 2.25. The molecular formula is C23H30N2O5S. The Bertz CT molecular complexity index is 983. The minimum Gasteiger partial charge on any atom is -0.497 e. The van der Waals surface area contributed by atoms with Gasteiger partial charge in [0.2, 0.25) is 15.9 Å². The molecule has 7 nitrogen and oxygen atoms in total. The number of aryl methyl sites for hydroxylation is 1. The number of piperidine rings is 1. The lowest BCUT2D eigenvalue weighted by Gasteiger charge is -2.31. The molecule has 0 saturated carbocycles. The quantitative estimate of drug-likeness (QED) is 0.674. The molecule has 1 unspecified atom stereocenters. The smallest absolute Gasteiger partial charge is 0.243 e. The molecule has 1 heterocycles. The first-order valence-electron chi connectivity index (χ1n) is 10.4. The highest BCUT2D eigenvalue weighted by Gasteiger charge is 2.32. The van der Waals surface area contributed by atoms with Crippen molar-refractivity contribution in [3.8, 4) is 11.5 Å². The third kappa shape index (κ3) is 5.77. The molecule has 1 fully saturated rings. The Labute approximate surface area is 184 Å². The molecule has 0 radical (unpaired) electrons. The Morgan fingerprint density at radius 3 is 2.39 bits per heavy atom. The molecular weight excluding hydrogens is 416 g/mol. The fourth-order valence-electron chi connectivity index (χ4n) is 3.59. The van der Waals surface area contributed by atoms with Gasteiger partial charge in [0.15, 0.2) is 0 Å². The lowest BCUT2D eigenvalue weighted by molar-refractivity contribution is -0.126. The molecule has 1 saturated heterocycles. The Kier molecular flexibility index (Phi) is 7.56.